The van der Waals surface area contributed by atoms with Crippen molar-refractivity contribution in [3.05, 3.63) is 89.7 Å². The number of hydrogen-bond donors (Lipinski definition) is 1. The molecule has 0 bridgehead atoms. The maximum absolute atomic E-state index is 13.1. The van der Waals surface area contributed by atoms with E-state index in [1.54, 1.807) is 12.4 Å². The monoisotopic (exact) mass is 359 g/mol. The highest BCUT2D eigenvalue weighted by molar-refractivity contribution is 5.95. The van der Waals surface area contributed by atoms with Gasteiger partial charge in [-0.2, -0.15) is 0 Å². The van der Waals surface area contributed by atoms with Gasteiger partial charge < -0.3 is 10.2 Å². The summed E-state index contributed by atoms with van der Waals surface area (Å²) in [5.74, 6) is -0.0192. The van der Waals surface area contributed by atoms with E-state index in [1.807, 2.05) is 80.3 Å². The minimum Gasteiger partial charge on any atom is -0.354 e. The fourth-order valence-electron chi connectivity index (χ4n) is 2.95. The van der Waals surface area contributed by atoms with Crippen molar-refractivity contribution >= 4 is 17.3 Å². The summed E-state index contributed by atoms with van der Waals surface area (Å²) < 4.78 is 0. The van der Waals surface area contributed by atoms with Crippen LogP contribution in [0.2, 0.25) is 0 Å². The Labute approximate surface area is 160 Å². The van der Waals surface area contributed by atoms with E-state index in [-0.39, 0.29) is 11.9 Å². The van der Waals surface area contributed by atoms with E-state index >= 15 is 0 Å². The van der Waals surface area contributed by atoms with Crippen LogP contribution < -0.4 is 5.32 Å². The zero-order chi connectivity index (χ0) is 19.2. The number of hydrogen-bond acceptors (Lipinski definition) is 3. The SMILES string of the molecule is Cc1cccc(Nc2cncc(C(=O)N(Cc3ccccc3)C(C)C)c2)c1. The third-order valence-corrected chi connectivity index (χ3v) is 4.37. The maximum atomic E-state index is 13.1. The van der Waals surface area contributed by atoms with Gasteiger partial charge in [-0.05, 0) is 50.1 Å². The molecule has 0 aliphatic carbocycles. The van der Waals surface area contributed by atoms with E-state index in [9.17, 15) is 4.79 Å². The lowest BCUT2D eigenvalue weighted by Gasteiger charge is -2.27. The van der Waals surface area contributed by atoms with Gasteiger partial charge in [0.25, 0.3) is 5.91 Å². The van der Waals surface area contributed by atoms with Gasteiger partial charge >= 0.3 is 0 Å². The van der Waals surface area contributed by atoms with Gasteiger partial charge in [-0.15, -0.1) is 0 Å². The van der Waals surface area contributed by atoms with E-state index in [0.717, 1.165) is 16.9 Å². The molecule has 4 nitrogen and oxygen atoms in total. The topological polar surface area (TPSA) is 45.2 Å². The third-order valence-electron chi connectivity index (χ3n) is 4.37. The summed E-state index contributed by atoms with van der Waals surface area (Å²) in [6, 6.07) is 20.1. The second-order valence-electron chi connectivity index (χ2n) is 6.97. The minimum atomic E-state index is -0.0192. The molecular formula is C23H25N3O. The Kier molecular flexibility index (Phi) is 5.87. The lowest BCUT2D eigenvalue weighted by atomic mass is 10.1. The molecule has 0 fully saturated rings. The molecule has 0 aliphatic rings. The van der Waals surface area contributed by atoms with Crippen LogP contribution in [0, 0.1) is 6.92 Å². The molecule has 2 aromatic carbocycles. The Balaban J connectivity index is 1.80. The maximum Gasteiger partial charge on any atom is 0.256 e. The van der Waals surface area contributed by atoms with Crippen LogP contribution in [0.3, 0.4) is 0 Å². The summed E-state index contributed by atoms with van der Waals surface area (Å²) in [6.45, 7) is 6.69. The van der Waals surface area contributed by atoms with E-state index in [4.69, 9.17) is 0 Å². The van der Waals surface area contributed by atoms with Crippen LogP contribution in [-0.4, -0.2) is 21.8 Å². The number of rotatable bonds is 6. The molecule has 138 valence electrons. The van der Waals surface area contributed by atoms with Gasteiger partial charge in [0.2, 0.25) is 0 Å². The van der Waals surface area contributed by atoms with Gasteiger partial charge in [0, 0.05) is 24.5 Å². The van der Waals surface area contributed by atoms with Crippen LogP contribution in [0.5, 0.6) is 0 Å². The van der Waals surface area contributed by atoms with Gasteiger partial charge in [-0.25, -0.2) is 0 Å². The number of pyridine rings is 1. The molecule has 3 rings (SSSR count). The summed E-state index contributed by atoms with van der Waals surface area (Å²) >= 11 is 0. The van der Waals surface area contributed by atoms with Crippen LogP contribution in [0.15, 0.2) is 73.1 Å². The predicted molar refractivity (Wildman–Crippen MR) is 110 cm³/mol. The molecular weight excluding hydrogens is 334 g/mol. The second kappa shape index (κ2) is 8.49. The first-order chi connectivity index (χ1) is 13.0. The van der Waals surface area contributed by atoms with Crippen molar-refractivity contribution in [1.82, 2.24) is 9.88 Å². The molecule has 0 unspecified atom stereocenters. The number of aryl methyl sites for hydroxylation is 1. The molecule has 0 radical (unpaired) electrons. The summed E-state index contributed by atoms with van der Waals surface area (Å²) in [5.41, 5.74) is 4.65. The van der Waals surface area contributed by atoms with E-state index < -0.39 is 0 Å². The number of amides is 1. The molecule has 1 N–H and O–H groups in total. The molecule has 0 saturated heterocycles. The zero-order valence-corrected chi connectivity index (χ0v) is 16.0. The first-order valence-corrected chi connectivity index (χ1v) is 9.16. The van der Waals surface area contributed by atoms with Crippen molar-refractivity contribution in [3.63, 3.8) is 0 Å². The molecule has 0 saturated carbocycles. The van der Waals surface area contributed by atoms with E-state index in [0.29, 0.717) is 12.1 Å². The fraction of sp³-hybridized carbons (Fsp3) is 0.217. The van der Waals surface area contributed by atoms with Crippen molar-refractivity contribution in [3.8, 4) is 0 Å². The van der Waals surface area contributed by atoms with Crippen LogP contribution in [0.25, 0.3) is 0 Å². The van der Waals surface area contributed by atoms with Crippen molar-refractivity contribution < 1.29 is 4.79 Å². The van der Waals surface area contributed by atoms with E-state index in [2.05, 4.69) is 16.4 Å². The minimum absolute atomic E-state index is 0.0192. The van der Waals surface area contributed by atoms with Crippen LogP contribution in [0.4, 0.5) is 11.4 Å². The third kappa shape index (κ3) is 4.94. The van der Waals surface area contributed by atoms with Crippen LogP contribution in [-0.2, 0) is 6.54 Å². The molecule has 27 heavy (non-hydrogen) atoms. The molecule has 0 atom stereocenters. The molecule has 1 heterocycles. The summed E-state index contributed by atoms with van der Waals surface area (Å²) in [5, 5.41) is 3.32. The normalized spacial score (nSPS) is 10.7. The fourth-order valence-corrected chi connectivity index (χ4v) is 2.95. The number of carbonyl (C=O) groups excluding carboxylic acids is 1. The number of benzene rings is 2. The zero-order valence-electron chi connectivity index (χ0n) is 16.0. The van der Waals surface area contributed by atoms with Crippen molar-refractivity contribution in [1.29, 1.82) is 0 Å². The quantitative estimate of drug-likeness (QED) is 0.659. The molecule has 0 aliphatic heterocycles. The Morgan fingerprint density at radius 3 is 2.48 bits per heavy atom. The molecule has 3 aromatic rings. The number of nitrogens with one attached hydrogen (secondary N) is 1. The summed E-state index contributed by atoms with van der Waals surface area (Å²) in [6.07, 6.45) is 3.36. The average Bonchev–Trinajstić information content (AvgIpc) is 2.66. The highest BCUT2D eigenvalue weighted by atomic mass is 16.2. The highest BCUT2D eigenvalue weighted by Crippen LogP contribution is 2.20. The van der Waals surface area contributed by atoms with Crippen molar-refractivity contribution in [2.45, 2.75) is 33.4 Å². The lowest BCUT2D eigenvalue weighted by molar-refractivity contribution is 0.0690. The van der Waals surface area contributed by atoms with Gasteiger partial charge in [0.15, 0.2) is 0 Å². The largest absolute Gasteiger partial charge is 0.354 e. The molecule has 1 amide bonds. The smallest absolute Gasteiger partial charge is 0.256 e. The summed E-state index contributed by atoms with van der Waals surface area (Å²) in [4.78, 5) is 19.2. The van der Waals surface area contributed by atoms with Gasteiger partial charge in [0.1, 0.15) is 0 Å². The standard InChI is InChI=1S/C23H25N3O/c1-17(2)26(16-19-9-5-4-6-10-19)23(27)20-13-22(15-24-14-20)25-21-11-7-8-18(3)12-21/h4-15,17,25H,16H2,1-3H3. The first-order valence-electron chi connectivity index (χ1n) is 9.16. The number of carbonyl (C=O) groups is 1. The highest BCUT2D eigenvalue weighted by Gasteiger charge is 2.19. The number of nitrogens with zero attached hydrogens (tertiary/aromatic N) is 2. The number of aromatic nitrogens is 1. The van der Waals surface area contributed by atoms with Crippen LogP contribution >= 0.6 is 0 Å². The van der Waals surface area contributed by atoms with E-state index in [1.165, 1.54) is 5.56 Å². The average molecular weight is 359 g/mol. The predicted octanol–water partition coefficient (Wildman–Crippen LogP) is 5.18. The van der Waals surface area contributed by atoms with Crippen molar-refractivity contribution in [2.24, 2.45) is 0 Å². The van der Waals surface area contributed by atoms with Gasteiger partial charge in [-0.3, -0.25) is 9.78 Å². The van der Waals surface area contributed by atoms with Gasteiger partial charge in [0.05, 0.1) is 17.4 Å². The number of anilines is 2. The summed E-state index contributed by atoms with van der Waals surface area (Å²) in [7, 11) is 0. The van der Waals surface area contributed by atoms with Gasteiger partial charge in [-0.1, -0.05) is 42.5 Å². The second-order valence-corrected chi connectivity index (χ2v) is 6.97. The molecule has 0 spiro atoms. The first kappa shape index (κ1) is 18.6. The van der Waals surface area contributed by atoms with Crippen molar-refractivity contribution in [2.75, 3.05) is 5.32 Å². The Morgan fingerprint density at radius 1 is 1.00 bits per heavy atom. The van der Waals surface area contributed by atoms with Crippen LogP contribution in [0.1, 0.15) is 35.3 Å². The molecule has 4 heteroatoms. The Morgan fingerprint density at radius 2 is 1.78 bits per heavy atom. The Bertz CT molecular complexity index is 906. The Hall–Kier alpha value is -3.14. The lowest BCUT2D eigenvalue weighted by Crippen LogP contribution is -2.36. The molecule has 1 aromatic heterocycles.